The van der Waals surface area contributed by atoms with Gasteiger partial charge in [0.1, 0.15) is 0 Å². The third-order valence-corrected chi connectivity index (χ3v) is 2.24. The summed E-state index contributed by atoms with van der Waals surface area (Å²) in [7, 11) is 0. The van der Waals surface area contributed by atoms with E-state index in [4.69, 9.17) is 0 Å². The molecule has 0 fully saturated rings. The second-order valence-electron chi connectivity index (χ2n) is 3.31. The minimum atomic E-state index is 0.118. The van der Waals surface area contributed by atoms with Gasteiger partial charge in [0, 0.05) is 0 Å². The van der Waals surface area contributed by atoms with Crippen molar-refractivity contribution in [2.75, 3.05) is 0 Å². The average molecular weight is 156 g/mol. The minimum Gasteiger partial charge on any atom is -0.212 e. The van der Waals surface area contributed by atoms with E-state index in [0.717, 1.165) is 12.8 Å². The molecule has 0 radical (unpaired) electrons. The highest BCUT2D eigenvalue weighted by Crippen LogP contribution is 2.16. The summed E-state index contributed by atoms with van der Waals surface area (Å²) in [6, 6.07) is 0. The Bertz CT molecular complexity index is 127. The Kier molecular flexibility index (Phi) is 4.25. The zero-order chi connectivity index (χ0) is 7.94. The van der Waals surface area contributed by atoms with E-state index in [-0.39, 0.29) is 5.83 Å². The molecule has 0 aromatic rings. The summed E-state index contributed by atoms with van der Waals surface area (Å²) < 4.78 is 12.8. The smallest absolute Gasteiger partial charge is 0.0959 e. The highest BCUT2D eigenvalue weighted by Gasteiger charge is 1.98. The molecule has 0 unspecified atom stereocenters. The summed E-state index contributed by atoms with van der Waals surface area (Å²) in [6.07, 6.45) is 10.8. The van der Waals surface area contributed by atoms with Crippen LogP contribution in [-0.4, -0.2) is 0 Å². The summed E-state index contributed by atoms with van der Waals surface area (Å²) in [5.74, 6) is 0.118. The number of halogens is 1. The first-order valence-corrected chi connectivity index (χ1v) is 4.74. The predicted octanol–water partition coefficient (Wildman–Crippen LogP) is 3.97. The first-order chi connectivity index (χ1) is 5.39. The van der Waals surface area contributed by atoms with Gasteiger partial charge in [-0.1, -0.05) is 31.8 Å². The maximum atomic E-state index is 12.8. The van der Waals surface area contributed by atoms with E-state index >= 15 is 0 Å². The van der Waals surface area contributed by atoms with Crippen LogP contribution in [-0.2, 0) is 0 Å². The molecule has 0 saturated carbocycles. The molecular formula is C10H17F. The van der Waals surface area contributed by atoms with Crippen LogP contribution in [0.4, 0.5) is 4.39 Å². The SMILES string of the molecule is F/C1=C/CCCCCCCC1. The lowest BCUT2D eigenvalue weighted by Crippen LogP contribution is -1.84. The fraction of sp³-hybridized carbons (Fsp3) is 0.800. The standard InChI is InChI=1S/C10H17F/c11-10-8-6-4-2-1-3-5-7-9-10/h8H,1-7,9H2/b10-8+. The quantitative estimate of drug-likeness (QED) is 0.497. The largest absolute Gasteiger partial charge is 0.212 e. The molecule has 0 aliphatic heterocycles. The monoisotopic (exact) mass is 156 g/mol. The summed E-state index contributed by atoms with van der Waals surface area (Å²) in [5.41, 5.74) is 0. The van der Waals surface area contributed by atoms with Gasteiger partial charge in [-0.3, -0.25) is 0 Å². The van der Waals surface area contributed by atoms with Crippen molar-refractivity contribution in [1.82, 2.24) is 0 Å². The first kappa shape index (κ1) is 8.76. The molecular weight excluding hydrogens is 139 g/mol. The van der Waals surface area contributed by atoms with Gasteiger partial charge in [0.2, 0.25) is 0 Å². The molecule has 0 nitrogen and oxygen atoms in total. The van der Waals surface area contributed by atoms with E-state index < -0.39 is 0 Å². The molecule has 64 valence electrons. The second kappa shape index (κ2) is 5.34. The molecule has 0 atom stereocenters. The molecule has 0 saturated heterocycles. The van der Waals surface area contributed by atoms with Crippen LogP contribution in [0.2, 0.25) is 0 Å². The summed E-state index contributed by atoms with van der Waals surface area (Å²) in [6.45, 7) is 0. The van der Waals surface area contributed by atoms with Crippen LogP contribution < -0.4 is 0 Å². The van der Waals surface area contributed by atoms with E-state index in [0.29, 0.717) is 6.42 Å². The Morgan fingerprint density at radius 3 is 2.36 bits per heavy atom. The topological polar surface area (TPSA) is 0 Å². The van der Waals surface area contributed by atoms with Gasteiger partial charge in [-0.2, -0.15) is 0 Å². The molecule has 1 heteroatoms. The fourth-order valence-electron chi connectivity index (χ4n) is 1.51. The van der Waals surface area contributed by atoms with Gasteiger partial charge in [0.05, 0.1) is 5.83 Å². The van der Waals surface area contributed by atoms with Crippen molar-refractivity contribution in [3.63, 3.8) is 0 Å². The molecule has 0 aromatic carbocycles. The van der Waals surface area contributed by atoms with Gasteiger partial charge in [0.25, 0.3) is 0 Å². The van der Waals surface area contributed by atoms with Crippen LogP contribution in [0.15, 0.2) is 11.9 Å². The van der Waals surface area contributed by atoms with Gasteiger partial charge in [-0.05, 0) is 25.7 Å². The van der Waals surface area contributed by atoms with Gasteiger partial charge >= 0.3 is 0 Å². The molecule has 0 aromatic heterocycles. The lowest BCUT2D eigenvalue weighted by Gasteiger charge is -2.03. The first-order valence-electron chi connectivity index (χ1n) is 4.74. The predicted molar refractivity (Wildman–Crippen MR) is 46.1 cm³/mol. The summed E-state index contributed by atoms with van der Waals surface area (Å²) in [4.78, 5) is 0. The zero-order valence-electron chi connectivity index (χ0n) is 7.11. The highest BCUT2D eigenvalue weighted by molar-refractivity contribution is 4.91. The Balaban J connectivity index is 2.27. The molecule has 0 bridgehead atoms. The van der Waals surface area contributed by atoms with Crippen molar-refractivity contribution >= 4 is 0 Å². The Labute approximate surface area is 68.5 Å². The second-order valence-corrected chi connectivity index (χ2v) is 3.31. The molecule has 1 rings (SSSR count). The van der Waals surface area contributed by atoms with Crippen molar-refractivity contribution in [1.29, 1.82) is 0 Å². The van der Waals surface area contributed by atoms with Crippen molar-refractivity contribution in [3.05, 3.63) is 11.9 Å². The molecule has 0 amide bonds. The van der Waals surface area contributed by atoms with Crippen LogP contribution in [0.1, 0.15) is 51.4 Å². The lowest BCUT2D eigenvalue weighted by atomic mass is 10.0. The van der Waals surface area contributed by atoms with E-state index in [1.165, 1.54) is 32.1 Å². The molecule has 0 spiro atoms. The van der Waals surface area contributed by atoms with Crippen molar-refractivity contribution in [3.8, 4) is 0 Å². The summed E-state index contributed by atoms with van der Waals surface area (Å²) >= 11 is 0. The average Bonchev–Trinajstić information content (AvgIpc) is 2.03. The number of hydrogen-bond donors (Lipinski definition) is 0. The van der Waals surface area contributed by atoms with Crippen molar-refractivity contribution < 1.29 is 4.39 Å². The Morgan fingerprint density at radius 1 is 0.909 bits per heavy atom. The van der Waals surface area contributed by atoms with Crippen molar-refractivity contribution in [2.45, 2.75) is 51.4 Å². The summed E-state index contributed by atoms with van der Waals surface area (Å²) in [5, 5.41) is 0. The molecule has 0 N–H and O–H groups in total. The maximum absolute atomic E-state index is 12.8. The van der Waals surface area contributed by atoms with Gasteiger partial charge in [-0.15, -0.1) is 0 Å². The van der Waals surface area contributed by atoms with Crippen LogP contribution >= 0.6 is 0 Å². The van der Waals surface area contributed by atoms with Crippen molar-refractivity contribution in [2.24, 2.45) is 0 Å². The number of rotatable bonds is 0. The molecule has 1 aliphatic carbocycles. The molecule has 1 aliphatic rings. The van der Waals surface area contributed by atoms with E-state index in [9.17, 15) is 4.39 Å². The minimum absolute atomic E-state index is 0.118. The Morgan fingerprint density at radius 2 is 1.55 bits per heavy atom. The Hall–Kier alpha value is -0.330. The van der Waals surface area contributed by atoms with E-state index in [1.54, 1.807) is 6.08 Å². The number of hydrogen-bond acceptors (Lipinski definition) is 0. The number of allylic oxidation sites excluding steroid dienone is 2. The van der Waals surface area contributed by atoms with E-state index in [1.807, 2.05) is 0 Å². The van der Waals surface area contributed by atoms with Crippen LogP contribution in [0.3, 0.4) is 0 Å². The lowest BCUT2D eigenvalue weighted by molar-refractivity contribution is 0.521. The van der Waals surface area contributed by atoms with Gasteiger partial charge < -0.3 is 0 Å². The zero-order valence-corrected chi connectivity index (χ0v) is 7.11. The van der Waals surface area contributed by atoms with Crippen LogP contribution in [0.5, 0.6) is 0 Å². The molecule has 0 heterocycles. The highest BCUT2D eigenvalue weighted by atomic mass is 19.1. The van der Waals surface area contributed by atoms with Gasteiger partial charge in [-0.25, -0.2) is 4.39 Å². The van der Waals surface area contributed by atoms with Crippen LogP contribution in [0, 0.1) is 0 Å². The molecule has 11 heavy (non-hydrogen) atoms. The normalized spacial score (nSPS) is 27.2. The maximum Gasteiger partial charge on any atom is 0.0959 e. The van der Waals surface area contributed by atoms with E-state index in [2.05, 4.69) is 0 Å². The third-order valence-electron chi connectivity index (χ3n) is 2.24. The van der Waals surface area contributed by atoms with Crippen LogP contribution in [0.25, 0.3) is 0 Å². The van der Waals surface area contributed by atoms with Gasteiger partial charge in [0.15, 0.2) is 0 Å². The fourth-order valence-corrected chi connectivity index (χ4v) is 1.51. The third kappa shape index (κ3) is 4.18.